The number of benzene rings is 1. The van der Waals surface area contributed by atoms with E-state index in [1.165, 1.54) is 21.3 Å². The van der Waals surface area contributed by atoms with Crippen LogP contribution in [0.5, 0.6) is 17.2 Å². The molecule has 2 aromatic rings. The zero-order valence-electron chi connectivity index (χ0n) is 17.0. The van der Waals surface area contributed by atoms with Crippen LogP contribution in [0.15, 0.2) is 23.4 Å². The number of hydrogen-bond acceptors (Lipinski definition) is 7. The Morgan fingerprint density at radius 2 is 1.75 bits per heavy atom. The molecule has 152 valence electrons. The first-order chi connectivity index (χ1) is 13.4. The quantitative estimate of drug-likeness (QED) is 0.522. The summed E-state index contributed by atoms with van der Waals surface area (Å²) in [5.41, 5.74) is 3.17. The maximum absolute atomic E-state index is 12.1. The van der Waals surface area contributed by atoms with Crippen molar-refractivity contribution in [1.29, 1.82) is 0 Å². The normalized spacial score (nSPS) is 11.1. The van der Waals surface area contributed by atoms with Crippen molar-refractivity contribution in [2.75, 3.05) is 33.3 Å². The van der Waals surface area contributed by atoms with Gasteiger partial charge in [0.25, 0.3) is 5.91 Å². The van der Waals surface area contributed by atoms with Crippen molar-refractivity contribution in [1.82, 2.24) is 9.78 Å². The van der Waals surface area contributed by atoms with Crippen molar-refractivity contribution in [3.8, 4) is 17.2 Å². The van der Waals surface area contributed by atoms with Crippen LogP contribution in [0.25, 0.3) is 0 Å². The van der Waals surface area contributed by atoms with E-state index >= 15 is 0 Å². The highest BCUT2D eigenvalue weighted by atomic mass is 16.6. The lowest BCUT2D eigenvalue weighted by Gasteiger charge is -2.14. The van der Waals surface area contributed by atoms with Crippen LogP contribution in [0.2, 0.25) is 0 Å². The summed E-state index contributed by atoms with van der Waals surface area (Å²) in [6.07, 6.45) is 0. The lowest BCUT2D eigenvalue weighted by atomic mass is 10.2. The number of anilines is 1. The standard InChI is InChI=1S/C19H26N4O5/c1-12-7-14(3)23(21-12)10-13(2)22-28-11-18(24)20-15-8-16(25-4)19(27-6)17(9-15)26-5/h7-9H,10-11H2,1-6H3,(H,20,24)/b22-13+. The van der Waals surface area contributed by atoms with Gasteiger partial charge in [0.05, 0.1) is 39.3 Å². The minimum Gasteiger partial charge on any atom is -0.493 e. The van der Waals surface area contributed by atoms with Crippen molar-refractivity contribution < 1.29 is 23.8 Å². The van der Waals surface area contributed by atoms with Crippen LogP contribution in [0.3, 0.4) is 0 Å². The summed E-state index contributed by atoms with van der Waals surface area (Å²) in [6.45, 7) is 5.98. The molecule has 0 saturated heterocycles. The molecule has 0 bridgehead atoms. The van der Waals surface area contributed by atoms with E-state index in [0.29, 0.717) is 35.2 Å². The molecule has 1 heterocycles. The molecular formula is C19H26N4O5. The van der Waals surface area contributed by atoms with E-state index in [4.69, 9.17) is 19.0 Å². The molecule has 0 aliphatic carbocycles. The van der Waals surface area contributed by atoms with Gasteiger partial charge in [0.2, 0.25) is 5.75 Å². The fourth-order valence-electron chi connectivity index (χ4n) is 2.63. The van der Waals surface area contributed by atoms with Crippen LogP contribution >= 0.6 is 0 Å². The molecule has 28 heavy (non-hydrogen) atoms. The van der Waals surface area contributed by atoms with Crippen molar-refractivity contribution in [3.05, 3.63) is 29.6 Å². The van der Waals surface area contributed by atoms with Gasteiger partial charge in [0.15, 0.2) is 18.1 Å². The largest absolute Gasteiger partial charge is 0.493 e. The Balaban J connectivity index is 1.94. The van der Waals surface area contributed by atoms with Crippen molar-refractivity contribution in [2.45, 2.75) is 27.3 Å². The average molecular weight is 390 g/mol. The zero-order valence-corrected chi connectivity index (χ0v) is 17.0. The van der Waals surface area contributed by atoms with Crippen LogP contribution in [0, 0.1) is 13.8 Å². The fraction of sp³-hybridized carbons (Fsp3) is 0.421. The minimum atomic E-state index is -0.364. The molecule has 0 fully saturated rings. The van der Waals surface area contributed by atoms with Crippen molar-refractivity contribution >= 4 is 17.3 Å². The Morgan fingerprint density at radius 3 is 2.25 bits per heavy atom. The highest BCUT2D eigenvalue weighted by Gasteiger charge is 2.14. The number of oxime groups is 1. The summed E-state index contributed by atoms with van der Waals surface area (Å²) < 4.78 is 17.6. The number of methoxy groups -OCH3 is 3. The number of nitrogens with zero attached hydrogens (tertiary/aromatic N) is 3. The first-order valence-electron chi connectivity index (χ1n) is 8.64. The highest BCUT2D eigenvalue weighted by molar-refractivity contribution is 5.92. The summed E-state index contributed by atoms with van der Waals surface area (Å²) in [5, 5.41) is 11.0. The molecule has 1 aromatic heterocycles. The van der Waals surface area contributed by atoms with E-state index in [1.807, 2.05) is 31.5 Å². The molecule has 1 amide bonds. The van der Waals surface area contributed by atoms with E-state index in [1.54, 1.807) is 12.1 Å². The second-order valence-corrected chi connectivity index (χ2v) is 6.15. The van der Waals surface area contributed by atoms with E-state index in [9.17, 15) is 4.79 Å². The van der Waals surface area contributed by atoms with E-state index < -0.39 is 0 Å². The van der Waals surface area contributed by atoms with Gasteiger partial charge in [-0.1, -0.05) is 5.16 Å². The Kier molecular flexibility index (Phi) is 7.25. The van der Waals surface area contributed by atoms with Gasteiger partial charge in [0.1, 0.15) is 0 Å². The molecule has 0 aliphatic rings. The third-order valence-corrected chi connectivity index (χ3v) is 3.85. The fourth-order valence-corrected chi connectivity index (χ4v) is 2.63. The number of aryl methyl sites for hydroxylation is 2. The third-order valence-electron chi connectivity index (χ3n) is 3.85. The van der Waals surface area contributed by atoms with Crippen LogP contribution in [0.1, 0.15) is 18.3 Å². The smallest absolute Gasteiger partial charge is 0.265 e. The Morgan fingerprint density at radius 1 is 1.11 bits per heavy atom. The van der Waals surface area contributed by atoms with Crippen molar-refractivity contribution in [3.63, 3.8) is 0 Å². The van der Waals surface area contributed by atoms with E-state index in [0.717, 1.165) is 11.4 Å². The first kappa shape index (κ1) is 21.1. The summed E-state index contributed by atoms with van der Waals surface area (Å²) in [6, 6.07) is 5.26. The molecule has 9 nitrogen and oxygen atoms in total. The van der Waals surface area contributed by atoms with Crippen LogP contribution in [-0.2, 0) is 16.2 Å². The van der Waals surface area contributed by atoms with Gasteiger partial charge in [-0.25, -0.2) is 0 Å². The lowest BCUT2D eigenvalue weighted by Crippen LogP contribution is -2.18. The number of amides is 1. The van der Waals surface area contributed by atoms with Crippen LogP contribution in [-0.4, -0.2) is 49.3 Å². The summed E-state index contributed by atoms with van der Waals surface area (Å²) in [4.78, 5) is 17.3. The predicted molar refractivity (Wildman–Crippen MR) is 105 cm³/mol. The number of nitrogens with one attached hydrogen (secondary N) is 1. The first-order valence-corrected chi connectivity index (χ1v) is 8.64. The lowest BCUT2D eigenvalue weighted by molar-refractivity contribution is -0.120. The van der Waals surface area contributed by atoms with Crippen LogP contribution in [0.4, 0.5) is 5.69 Å². The summed E-state index contributed by atoms with van der Waals surface area (Å²) in [5.74, 6) is 0.967. The van der Waals surface area contributed by atoms with Gasteiger partial charge in [-0.05, 0) is 26.8 Å². The molecule has 0 atom stereocenters. The number of carbonyl (C=O) groups excluding carboxylic acids is 1. The Bertz CT molecular complexity index is 835. The van der Waals surface area contributed by atoms with Gasteiger partial charge in [-0.3, -0.25) is 9.48 Å². The summed E-state index contributed by atoms with van der Waals surface area (Å²) in [7, 11) is 4.53. The molecule has 0 radical (unpaired) electrons. The Labute approximate surface area is 164 Å². The molecule has 0 saturated carbocycles. The van der Waals surface area contributed by atoms with Gasteiger partial charge >= 0.3 is 0 Å². The zero-order chi connectivity index (χ0) is 20.7. The van der Waals surface area contributed by atoms with Crippen molar-refractivity contribution in [2.24, 2.45) is 5.16 Å². The van der Waals surface area contributed by atoms with Gasteiger partial charge in [-0.2, -0.15) is 5.10 Å². The average Bonchev–Trinajstić information content (AvgIpc) is 2.97. The number of ether oxygens (including phenoxy) is 3. The van der Waals surface area contributed by atoms with Crippen LogP contribution < -0.4 is 19.5 Å². The van der Waals surface area contributed by atoms with Gasteiger partial charge in [0, 0.05) is 23.5 Å². The predicted octanol–water partition coefficient (Wildman–Crippen LogP) is 2.56. The number of aromatic nitrogens is 2. The highest BCUT2D eigenvalue weighted by Crippen LogP contribution is 2.39. The second-order valence-electron chi connectivity index (χ2n) is 6.15. The molecule has 9 heteroatoms. The molecule has 0 spiro atoms. The number of rotatable bonds is 9. The molecule has 0 unspecified atom stereocenters. The number of hydrogen-bond donors (Lipinski definition) is 1. The Hall–Kier alpha value is -3.23. The number of carbonyl (C=O) groups is 1. The molecular weight excluding hydrogens is 364 g/mol. The van der Waals surface area contributed by atoms with Gasteiger partial charge in [-0.15, -0.1) is 0 Å². The van der Waals surface area contributed by atoms with Gasteiger partial charge < -0.3 is 24.4 Å². The molecule has 1 N–H and O–H groups in total. The van der Waals surface area contributed by atoms with E-state index in [-0.39, 0.29) is 12.5 Å². The second kappa shape index (κ2) is 9.63. The third kappa shape index (κ3) is 5.38. The minimum absolute atomic E-state index is 0.231. The summed E-state index contributed by atoms with van der Waals surface area (Å²) >= 11 is 0. The monoisotopic (exact) mass is 390 g/mol. The van der Waals surface area contributed by atoms with E-state index in [2.05, 4.69) is 15.6 Å². The maximum atomic E-state index is 12.1. The topological polar surface area (TPSA) is 96.2 Å². The maximum Gasteiger partial charge on any atom is 0.265 e. The molecule has 1 aromatic carbocycles. The molecule has 0 aliphatic heterocycles. The molecule has 2 rings (SSSR count). The SMILES string of the molecule is COc1cc(NC(=O)CO/N=C(\C)Cn2nc(C)cc2C)cc(OC)c1OC.